The minimum atomic E-state index is -0.315. The molecule has 0 amide bonds. The smallest absolute Gasteiger partial charge is 0.165 e. The van der Waals surface area contributed by atoms with Gasteiger partial charge in [0.2, 0.25) is 0 Å². The molecule has 1 aliphatic heterocycles. The van der Waals surface area contributed by atoms with Crippen LogP contribution >= 0.6 is 11.6 Å². The fraction of sp³-hybridized carbons (Fsp3) is 0.200. The number of nitrogens with zero attached hydrogens (tertiary/aromatic N) is 4. The van der Waals surface area contributed by atoms with Crippen molar-refractivity contribution in [2.24, 2.45) is 0 Å². The molecule has 156 valence electrons. The molecular formula is C25H22ClFN4. The van der Waals surface area contributed by atoms with Gasteiger partial charge in [0, 0.05) is 42.3 Å². The SMILES string of the molecule is Cc1ccc(Cl)cc1N1CCN(c2nc(-c3ccccc3F)nc3ccccc23)CC1. The number of anilines is 2. The lowest BCUT2D eigenvalue weighted by Crippen LogP contribution is -2.47. The minimum Gasteiger partial charge on any atom is -0.368 e. The predicted molar refractivity (Wildman–Crippen MR) is 126 cm³/mol. The van der Waals surface area contributed by atoms with Crippen LogP contribution < -0.4 is 9.80 Å². The average molecular weight is 433 g/mol. The summed E-state index contributed by atoms with van der Waals surface area (Å²) in [6.45, 7) is 5.44. The van der Waals surface area contributed by atoms with E-state index < -0.39 is 0 Å². The second-order valence-corrected chi connectivity index (χ2v) is 8.21. The lowest BCUT2D eigenvalue weighted by molar-refractivity contribution is 0.629. The summed E-state index contributed by atoms with van der Waals surface area (Å²) in [6.07, 6.45) is 0. The topological polar surface area (TPSA) is 32.3 Å². The zero-order valence-corrected chi connectivity index (χ0v) is 18.0. The van der Waals surface area contributed by atoms with Gasteiger partial charge < -0.3 is 9.80 Å². The van der Waals surface area contributed by atoms with Crippen LogP contribution in [0.2, 0.25) is 5.02 Å². The van der Waals surface area contributed by atoms with E-state index in [0.29, 0.717) is 11.4 Å². The molecule has 0 unspecified atom stereocenters. The Morgan fingerprint density at radius 1 is 0.839 bits per heavy atom. The van der Waals surface area contributed by atoms with Crippen LogP contribution in [-0.4, -0.2) is 36.1 Å². The molecule has 5 rings (SSSR count). The number of benzene rings is 3. The van der Waals surface area contributed by atoms with Gasteiger partial charge in [-0.25, -0.2) is 14.4 Å². The molecule has 0 N–H and O–H groups in total. The monoisotopic (exact) mass is 432 g/mol. The third-order valence-electron chi connectivity index (χ3n) is 5.79. The van der Waals surface area contributed by atoms with Gasteiger partial charge in [0.25, 0.3) is 0 Å². The number of aromatic nitrogens is 2. The first-order valence-corrected chi connectivity index (χ1v) is 10.8. The molecule has 0 radical (unpaired) electrons. The van der Waals surface area contributed by atoms with Gasteiger partial charge in [0.15, 0.2) is 5.82 Å². The van der Waals surface area contributed by atoms with Crippen molar-refractivity contribution in [3.63, 3.8) is 0 Å². The summed E-state index contributed by atoms with van der Waals surface area (Å²) in [6, 6.07) is 20.6. The molecule has 3 aromatic carbocycles. The summed E-state index contributed by atoms with van der Waals surface area (Å²) < 4.78 is 14.4. The van der Waals surface area contributed by atoms with Crippen LogP contribution in [0.25, 0.3) is 22.3 Å². The van der Waals surface area contributed by atoms with E-state index in [4.69, 9.17) is 16.6 Å². The Kier molecular flexibility index (Phi) is 5.20. The first kappa shape index (κ1) is 19.8. The standard InChI is InChI=1S/C25H22ClFN4/c1-17-10-11-18(26)16-23(17)30-12-14-31(15-13-30)25-20-7-3-5-9-22(20)28-24(29-25)19-6-2-4-8-21(19)27/h2-11,16H,12-15H2,1H3. The maximum atomic E-state index is 14.4. The molecule has 1 aromatic heterocycles. The molecule has 0 atom stereocenters. The normalized spacial score (nSPS) is 14.3. The second-order valence-electron chi connectivity index (χ2n) is 7.77. The van der Waals surface area contributed by atoms with E-state index in [1.54, 1.807) is 12.1 Å². The molecular weight excluding hydrogens is 411 g/mol. The van der Waals surface area contributed by atoms with Gasteiger partial charge >= 0.3 is 0 Å². The van der Waals surface area contributed by atoms with E-state index in [-0.39, 0.29) is 5.82 Å². The molecule has 0 spiro atoms. The summed E-state index contributed by atoms with van der Waals surface area (Å²) >= 11 is 6.23. The van der Waals surface area contributed by atoms with Crippen molar-refractivity contribution in [3.05, 3.63) is 83.1 Å². The Labute approximate surface area is 185 Å². The molecule has 1 fully saturated rings. The average Bonchev–Trinajstić information content (AvgIpc) is 2.80. The van der Waals surface area contributed by atoms with Gasteiger partial charge in [0.1, 0.15) is 11.6 Å². The van der Waals surface area contributed by atoms with Crippen LogP contribution in [0.4, 0.5) is 15.9 Å². The Morgan fingerprint density at radius 2 is 1.55 bits per heavy atom. The largest absolute Gasteiger partial charge is 0.368 e. The molecule has 0 bridgehead atoms. The molecule has 0 aliphatic carbocycles. The van der Waals surface area contributed by atoms with Crippen molar-refractivity contribution >= 4 is 34.0 Å². The number of rotatable bonds is 3. The van der Waals surface area contributed by atoms with E-state index in [1.807, 2.05) is 42.5 Å². The number of piperazine rings is 1. The number of hydrogen-bond donors (Lipinski definition) is 0. The van der Waals surface area contributed by atoms with Crippen molar-refractivity contribution in [2.45, 2.75) is 6.92 Å². The van der Waals surface area contributed by atoms with Crippen LogP contribution in [0.15, 0.2) is 66.7 Å². The molecule has 1 saturated heterocycles. The highest BCUT2D eigenvalue weighted by atomic mass is 35.5. The third kappa shape index (κ3) is 3.81. The van der Waals surface area contributed by atoms with Crippen LogP contribution in [0.5, 0.6) is 0 Å². The first-order valence-electron chi connectivity index (χ1n) is 10.4. The molecule has 31 heavy (non-hydrogen) atoms. The van der Waals surface area contributed by atoms with Gasteiger partial charge in [-0.15, -0.1) is 0 Å². The van der Waals surface area contributed by atoms with Gasteiger partial charge in [-0.05, 0) is 48.9 Å². The van der Waals surface area contributed by atoms with Crippen molar-refractivity contribution in [1.82, 2.24) is 9.97 Å². The number of aryl methyl sites for hydroxylation is 1. The Morgan fingerprint density at radius 3 is 2.35 bits per heavy atom. The predicted octanol–water partition coefficient (Wildman–Crippen LogP) is 5.72. The van der Waals surface area contributed by atoms with Gasteiger partial charge in [-0.2, -0.15) is 0 Å². The summed E-state index contributed by atoms with van der Waals surface area (Å²) in [5.74, 6) is 0.955. The molecule has 4 aromatic rings. The molecule has 2 heterocycles. The minimum absolute atomic E-state index is 0.315. The maximum Gasteiger partial charge on any atom is 0.165 e. The molecule has 6 heteroatoms. The van der Waals surface area contributed by atoms with E-state index in [0.717, 1.165) is 47.9 Å². The van der Waals surface area contributed by atoms with Gasteiger partial charge in [-0.1, -0.05) is 41.9 Å². The summed E-state index contributed by atoms with van der Waals surface area (Å²) in [5.41, 5.74) is 3.63. The van der Waals surface area contributed by atoms with Crippen LogP contribution in [0.1, 0.15) is 5.56 Å². The lowest BCUT2D eigenvalue weighted by Gasteiger charge is -2.38. The Bertz CT molecular complexity index is 1250. The first-order chi connectivity index (χ1) is 15.1. The fourth-order valence-electron chi connectivity index (χ4n) is 4.15. The molecule has 0 saturated carbocycles. The zero-order valence-electron chi connectivity index (χ0n) is 17.2. The number of halogens is 2. The zero-order chi connectivity index (χ0) is 21.4. The second kappa shape index (κ2) is 8.16. The highest BCUT2D eigenvalue weighted by molar-refractivity contribution is 6.30. The van der Waals surface area contributed by atoms with Crippen LogP contribution in [0.3, 0.4) is 0 Å². The lowest BCUT2D eigenvalue weighted by atomic mass is 10.1. The fourth-order valence-corrected chi connectivity index (χ4v) is 4.31. The van der Waals surface area contributed by atoms with E-state index in [2.05, 4.69) is 27.8 Å². The Balaban J connectivity index is 1.49. The number of fused-ring (bicyclic) bond motifs is 1. The quantitative estimate of drug-likeness (QED) is 0.414. The Hall–Kier alpha value is -3.18. The summed E-state index contributed by atoms with van der Waals surface area (Å²) in [5, 5.41) is 1.73. The number of para-hydroxylation sites is 1. The van der Waals surface area contributed by atoms with Crippen molar-refractivity contribution in [1.29, 1.82) is 0 Å². The summed E-state index contributed by atoms with van der Waals surface area (Å²) in [7, 11) is 0. The third-order valence-corrected chi connectivity index (χ3v) is 6.02. The highest BCUT2D eigenvalue weighted by Gasteiger charge is 2.22. The van der Waals surface area contributed by atoms with Crippen molar-refractivity contribution < 1.29 is 4.39 Å². The van der Waals surface area contributed by atoms with E-state index in [9.17, 15) is 4.39 Å². The highest BCUT2D eigenvalue weighted by Crippen LogP contribution is 2.31. The van der Waals surface area contributed by atoms with Crippen LogP contribution in [-0.2, 0) is 0 Å². The van der Waals surface area contributed by atoms with Gasteiger partial charge in [0.05, 0.1) is 11.1 Å². The van der Waals surface area contributed by atoms with Gasteiger partial charge in [-0.3, -0.25) is 0 Å². The van der Waals surface area contributed by atoms with E-state index in [1.165, 1.54) is 17.3 Å². The molecule has 1 aliphatic rings. The van der Waals surface area contributed by atoms with E-state index >= 15 is 0 Å². The van der Waals surface area contributed by atoms with Crippen molar-refractivity contribution in [2.75, 3.05) is 36.0 Å². The van der Waals surface area contributed by atoms with Crippen molar-refractivity contribution in [3.8, 4) is 11.4 Å². The molecule has 4 nitrogen and oxygen atoms in total. The summed E-state index contributed by atoms with van der Waals surface area (Å²) in [4.78, 5) is 14.1. The van der Waals surface area contributed by atoms with Crippen LogP contribution in [0, 0.1) is 12.7 Å². The number of hydrogen-bond acceptors (Lipinski definition) is 4. The maximum absolute atomic E-state index is 14.4.